The number of ketones is 2. The van der Waals surface area contributed by atoms with Gasteiger partial charge in [0.1, 0.15) is 11.4 Å². The van der Waals surface area contributed by atoms with Gasteiger partial charge in [-0.25, -0.2) is 19.0 Å². The summed E-state index contributed by atoms with van der Waals surface area (Å²) in [7, 11) is 0. The van der Waals surface area contributed by atoms with Crippen molar-refractivity contribution in [2.45, 2.75) is 130 Å². The zero-order valence-electron chi connectivity index (χ0n) is 56.1. The van der Waals surface area contributed by atoms with E-state index in [0.29, 0.717) is 61.9 Å². The third kappa shape index (κ3) is 20.6. The summed E-state index contributed by atoms with van der Waals surface area (Å²) in [6.07, 6.45) is 5.34. The molecule has 1 aromatic heterocycles. The van der Waals surface area contributed by atoms with Gasteiger partial charge in [-0.1, -0.05) is 26.0 Å². The number of carbonyl (C=O) groups excluding carboxylic acids is 10. The van der Waals surface area contributed by atoms with Crippen LogP contribution in [0.15, 0.2) is 81.9 Å². The Morgan fingerprint density at radius 3 is 1.72 bits per heavy atom. The number of urea groups is 1. The summed E-state index contributed by atoms with van der Waals surface area (Å²) in [5.41, 5.74) is -1.98. The highest BCUT2D eigenvalue weighted by Gasteiger charge is 2.41. The molecule has 4 aromatic rings. The fourth-order valence-electron chi connectivity index (χ4n) is 11.9. The number of phenols is 4. The van der Waals surface area contributed by atoms with Gasteiger partial charge in [-0.05, 0) is 114 Å². The number of para-hydroxylation sites is 2. The number of Topliss-reactive ketones (excluding diaryl/α,β-unsaturated/α-hetero) is 2. The molecule has 0 unspecified atom stereocenters. The molecule has 2 heterocycles. The molecule has 3 aliphatic rings. The number of fused-ring (bicyclic) bond motifs is 1. The molecule has 0 radical (unpaired) electrons. The Balaban J connectivity index is 0.737. The third-order valence-corrected chi connectivity index (χ3v) is 17.5. The van der Waals surface area contributed by atoms with Crippen LogP contribution >= 0.6 is 0 Å². The largest absolute Gasteiger partial charge is 0.504 e. The lowest BCUT2D eigenvalue weighted by molar-refractivity contribution is -0.166. The van der Waals surface area contributed by atoms with E-state index >= 15 is 4.39 Å². The Morgan fingerprint density at radius 1 is 0.606 bits per heavy atom. The molecular formula is C69H88FN11O18. The first-order chi connectivity index (χ1) is 47.1. The highest BCUT2D eigenvalue weighted by atomic mass is 19.1. The number of carboxylic acids is 1. The number of benzene rings is 3. The standard InChI is InChI=1S/C69H88FN11O18/c1-41-58(69(3,4)39-57(88)79-35-33-77(34-36-79)50-38-49-46(37-48(50)70)61(90)47(67(96)97)40-80(49)43-19-20-43)64(93)59(42(2)60(41)89)76-68(98)75-28-8-7-26-72-54(85)22-24-56(87)81(99)32-10-5-6-25-71-53(84)21-23-55(86)78(31-14-29-74-66(95)45-16-13-18-52(83)63(45)92)30-11-9-27-73-65(94)44-15-12-17-51(82)62(44)91/h12-13,15-18,37-38,40,43,82-83,91-92,99H,5-11,14,19-36,39H2,1-4H3,(H,71,84)(H,72,85)(H,73,94)(H,74,95)(H,96,97)(H2,75,76,98). The summed E-state index contributed by atoms with van der Waals surface area (Å²) in [4.78, 5) is 161. The van der Waals surface area contributed by atoms with Crippen molar-refractivity contribution in [3.8, 4) is 23.0 Å². The van der Waals surface area contributed by atoms with Gasteiger partial charge in [0.15, 0.2) is 28.8 Å². The van der Waals surface area contributed by atoms with Gasteiger partial charge in [0.25, 0.3) is 11.8 Å². The number of carbonyl (C=O) groups is 11. The molecule has 2 aliphatic carbocycles. The van der Waals surface area contributed by atoms with E-state index < -0.39 is 92.4 Å². The zero-order valence-corrected chi connectivity index (χ0v) is 56.1. The van der Waals surface area contributed by atoms with Crippen molar-refractivity contribution in [1.82, 2.24) is 51.3 Å². The van der Waals surface area contributed by atoms with Crippen molar-refractivity contribution in [1.29, 1.82) is 0 Å². The lowest BCUT2D eigenvalue weighted by Gasteiger charge is -2.38. The summed E-state index contributed by atoms with van der Waals surface area (Å²) in [6.45, 7) is 8.39. The maximum absolute atomic E-state index is 15.7. The molecule has 0 bridgehead atoms. The number of pyridine rings is 1. The van der Waals surface area contributed by atoms with E-state index in [0.717, 1.165) is 18.9 Å². The number of hydrogen-bond acceptors (Lipinski definition) is 18. The second-order valence-corrected chi connectivity index (χ2v) is 25.4. The van der Waals surface area contributed by atoms with Crippen molar-refractivity contribution < 1.29 is 87.9 Å². The number of hydroxylamine groups is 2. The monoisotopic (exact) mass is 1380 g/mol. The molecule has 7 rings (SSSR count). The number of rotatable bonds is 35. The quantitative estimate of drug-likeness (QED) is 0.00955. The molecule has 0 atom stereocenters. The second kappa shape index (κ2) is 35.2. The topological polar surface area (TPSA) is 416 Å². The predicted octanol–water partition coefficient (Wildman–Crippen LogP) is 4.92. The first-order valence-electron chi connectivity index (χ1n) is 33.2. The van der Waals surface area contributed by atoms with E-state index in [1.165, 1.54) is 61.3 Å². The lowest BCUT2D eigenvalue weighted by atomic mass is 9.72. The number of phenolic OH excluding ortho intramolecular Hbond substituents is 4. The average Bonchev–Trinajstić information content (AvgIpc) is 1.75. The minimum Gasteiger partial charge on any atom is -0.504 e. The normalized spacial score (nSPS) is 14.0. The number of piperazine rings is 1. The van der Waals surface area contributed by atoms with Crippen LogP contribution in [0.2, 0.25) is 0 Å². The summed E-state index contributed by atoms with van der Waals surface area (Å²) in [5.74, 6) is -8.59. The molecule has 2 fully saturated rings. The smallest absolute Gasteiger partial charge is 0.341 e. The van der Waals surface area contributed by atoms with Crippen molar-refractivity contribution in [2.24, 2.45) is 5.41 Å². The minimum absolute atomic E-state index is 0.0119. The number of aromatic carboxylic acids is 1. The van der Waals surface area contributed by atoms with Crippen LogP contribution in [0.5, 0.6) is 23.0 Å². The van der Waals surface area contributed by atoms with Crippen molar-refractivity contribution in [3.63, 3.8) is 0 Å². The maximum atomic E-state index is 15.7. The van der Waals surface area contributed by atoms with E-state index in [1.807, 2.05) is 0 Å². The van der Waals surface area contributed by atoms with E-state index in [-0.39, 0.29) is 179 Å². The number of nitrogens with one attached hydrogen (secondary N) is 6. The molecule has 1 aliphatic heterocycles. The van der Waals surface area contributed by atoms with Crippen LogP contribution in [0, 0.1) is 11.2 Å². The summed E-state index contributed by atoms with van der Waals surface area (Å²) < 4.78 is 17.4. The van der Waals surface area contributed by atoms with Crippen molar-refractivity contribution in [2.75, 3.05) is 83.4 Å². The number of carboxylic acid groups (broad SMARTS) is 1. The van der Waals surface area contributed by atoms with Gasteiger partial charge in [0, 0.05) is 150 Å². The van der Waals surface area contributed by atoms with Gasteiger partial charge >= 0.3 is 12.0 Å². The number of unbranched alkanes of at least 4 members (excludes halogenated alkanes) is 4. The molecule has 1 saturated heterocycles. The number of anilines is 1. The van der Waals surface area contributed by atoms with Crippen LogP contribution in [-0.4, -0.2) is 194 Å². The fraction of sp³-hybridized carbons (Fsp3) is 0.478. The molecule has 29 nitrogen and oxygen atoms in total. The van der Waals surface area contributed by atoms with Crippen LogP contribution < -0.4 is 42.2 Å². The van der Waals surface area contributed by atoms with E-state index in [4.69, 9.17) is 0 Å². The SMILES string of the molecule is CC1=C(NC(=O)NCCCCNC(=O)CCC(=O)N(O)CCCCCNC(=O)CCC(=O)N(CCCCNC(=O)c2cccc(O)c2O)CCCNC(=O)c2cccc(O)c2O)C(=O)C(C(C)(C)CC(=O)N2CCN(c3cc4c(cc3F)c(=O)c(C(=O)O)cn4C3CC3)CC2)=C(C)C1=O. The Labute approximate surface area is 570 Å². The summed E-state index contributed by atoms with van der Waals surface area (Å²) >= 11 is 0. The Bertz CT molecular complexity index is 3870. The molecule has 30 heteroatoms. The first-order valence-corrected chi connectivity index (χ1v) is 33.2. The van der Waals surface area contributed by atoms with Crippen molar-refractivity contribution in [3.05, 3.63) is 110 Å². The van der Waals surface area contributed by atoms with Crippen LogP contribution in [0.1, 0.15) is 161 Å². The number of nitrogens with zero attached hydrogens (tertiary/aromatic N) is 5. The second-order valence-electron chi connectivity index (χ2n) is 25.4. The Morgan fingerprint density at radius 2 is 1.13 bits per heavy atom. The fourth-order valence-corrected chi connectivity index (χ4v) is 11.9. The summed E-state index contributed by atoms with van der Waals surface area (Å²) in [5, 5.41) is 75.9. The Kier molecular flexibility index (Phi) is 27.0. The minimum atomic E-state index is -1.39. The molecule has 3 aromatic carbocycles. The summed E-state index contributed by atoms with van der Waals surface area (Å²) in [6, 6.07) is 9.83. The molecule has 534 valence electrons. The van der Waals surface area contributed by atoms with Crippen LogP contribution in [-0.2, 0) is 33.6 Å². The Hall–Kier alpha value is -10.4. The van der Waals surface area contributed by atoms with E-state index in [2.05, 4.69) is 31.9 Å². The van der Waals surface area contributed by atoms with Crippen molar-refractivity contribution >= 4 is 81.5 Å². The maximum Gasteiger partial charge on any atom is 0.341 e. The molecule has 1 saturated carbocycles. The van der Waals surface area contributed by atoms with Gasteiger partial charge < -0.3 is 76.7 Å². The van der Waals surface area contributed by atoms with Gasteiger partial charge in [0.05, 0.1) is 28.0 Å². The van der Waals surface area contributed by atoms with Crippen LogP contribution in [0.4, 0.5) is 14.9 Å². The van der Waals surface area contributed by atoms with Crippen LogP contribution in [0.25, 0.3) is 10.9 Å². The average molecular weight is 1380 g/mol. The molecule has 0 spiro atoms. The number of hydrogen-bond donors (Lipinski definition) is 12. The molecule has 99 heavy (non-hydrogen) atoms. The van der Waals surface area contributed by atoms with Gasteiger partial charge in [0.2, 0.25) is 40.7 Å². The third-order valence-electron chi connectivity index (χ3n) is 17.5. The highest BCUT2D eigenvalue weighted by molar-refractivity contribution is 6.26. The predicted molar refractivity (Wildman–Crippen MR) is 358 cm³/mol. The highest BCUT2D eigenvalue weighted by Crippen LogP contribution is 2.41. The zero-order chi connectivity index (χ0) is 72.3. The van der Waals surface area contributed by atoms with Gasteiger partial charge in [-0.15, -0.1) is 0 Å². The van der Waals surface area contributed by atoms with Gasteiger partial charge in [-0.3, -0.25) is 53.2 Å². The first kappa shape index (κ1) is 76.0. The van der Waals surface area contributed by atoms with E-state index in [9.17, 15) is 88.3 Å². The van der Waals surface area contributed by atoms with E-state index in [1.54, 1.807) is 34.3 Å². The number of aromatic hydroxyl groups is 4. The number of aromatic nitrogens is 1. The number of allylic oxidation sites excluding steroid dienone is 3. The number of amides is 9. The lowest BCUT2D eigenvalue weighted by Crippen LogP contribution is -2.50. The molecular weight excluding hydrogens is 1290 g/mol. The molecule has 9 amide bonds. The van der Waals surface area contributed by atoms with Crippen LogP contribution in [0.3, 0.4) is 0 Å². The number of halogens is 1. The van der Waals surface area contributed by atoms with Gasteiger partial charge in [-0.2, -0.15) is 0 Å². The molecule has 12 N–H and O–H groups in total.